The first-order chi connectivity index (χ1) is 14.9. The SMILES string of the molecule is CC(C)OCCCn1c(SCC(=O)NCC2CCCCC2)nc2cc(Cl)ccc2c1=O. The summed E-state index contributed by atoms with van der Waals surface area (Å²) < 4.78 is 7.26. The average Bonchev–Trinajstić information content (AvgIpc) is 2.75. The molecule has 0 bridgehead atoms. The van der Waals surface area contributed by atoms with E-state index in [9.17, 15) is 9.59 Å². The van der Waals surface area contributed by atoms with Crippen LogP contribution in [0.3, 0.4) is 0 Å². The summed E-state index contributed by atoms with van der Waals surface area (Å²) in [6.07, 6.45) is 7.04. The number of fused-ring (bicyclic) bond motifs is 1. The number of aromatic nitrogens is 2. The first-order valence-electron chi connectivity index (χ1n) is 11.1. The van der Waals surface area contributed by atoms with Crippen molar-refractivity contribution in [3.05, 3.63) is 33.6 Å². The molecular formula is C23H32ClN3O3S. The Morgan fingerprint density at radius 2 is 2.10 bits per heavy atom. The monoisotopic (exact) mass is 465 g/mol. The Balaban J connectivity index is 1.69. The molecule has 1 amide bonds. The lowest BCUT2D eigenvalue weighted by atomic mass is 9.89. The van der Waals surface area contributed by atoms with E-state index in [1.165, 1.54) is 43.9 Å². The molecule has 6 nitrogen and oxygen atoms in total. The van der Waals surface area contributed by atoms with E-state index in [-0.39, 0.29) is 23.3 Å². The van der Waals surface area contributed by atoms with Crippen LogP contribution in [0.4, 0.5) is 0 Å². The molecule has 1 heterocycles. The summed E-state index contributed by atoms with van der Waals surface area (Å²) in [6, 6.07) is 5.10. The Labute approximate surface area is 193 Å². The molecule has 1 N–H and O–H groups in total. The van der Waals surface area contributed by atoms with Crippen LogP contribution in [-0.4, -0.2) is 40.5 Å². The number of carbonyl (C=O) groups is 1. The highest BCUT2D eigenvalue weighted by Crippen LogP contribution is 2.23. The fourth-order valence-electron chi connectivity index (χ4n) is 3.85. The molecule has 31 heavy (non-hydrogen) atoms. The molecule has 3 rings (SSSR count). The van der Waals surface area contributed by atoms with Crippen molar-refractivity contribution in [2.45, 2.75) is 70.2 Å². The fraction of sp³-hybridized carbons (Fsp3) is 0.609. The van der Waals surface area contributed by atoms with Crippen LogP contribution in [0.15, 0.2) is 28.2 Å². The van der Waals surface area contributed by atoms with Crippen LogP contribution in [0.1, 0.15) is 52.4 Å². The normalized spacial score (nSPS) is 15.0. The van der Waals surface area contributed by atoms with Gasteiger partial charge < -0.3 is 10.1 Å². The third kappa shape index (κ3) is 7.22. The zero-order valence-electron chi connectivity index (χ0n) is 18.4. The molecule has 8 heteroatoms. The van der Waals surface area contributed by atoms with Gasteiger partial charge in [-0.05, 0) is 57.2 Å². The predicted octanol–water partition coefficient (Wildman–Crippen LogP) is 4.65. The van der Waals surface area contributed by atoms with Crippen molar-refractivity contribution in [2.24, 2.45) is 5.92 Å². The molecule has 1 aliphatic rings. The van der Waals surface area contributed by atoms with Gasteiger partial charge in [-0.1, -0.05) is 42.6 Å². The smallest absolute Gasteiger partial charge is 0.262 e. The Morgan fingerprint density at radius 1 is 1.32 bits per heavy atom. The largest absolute Gasteiger partial charge is 0.379 e. The zero-order valence-corrected chi connectivity index (χ0v) is 19.9. The molecule has 0 saturated heterocycles. The lowest BCUT2D eigenvalue weighted by molar-refractivity contribution is -0.118. The third-order valence-electron chi connectivity index (χ3n) is 5.50. The van der Waals surface area contributed by atoms with Crippen LogP contribution in [0.5, 0.6) is 0 Å². The van der Waals surface area contributed by atoms with Crippen LogP contribution < -0.4 is 10.9 Å². The molecule has 0 spiro atoms. The van der Waals surface area contributed by atoms with E-state index in [0.29, 0.717) is 46.6 Å². The lowest BCUT2D eigenvalue weighted by Gasteiger charge is -2.21. The summed E-state index contributed by atoms with van der Waals surface area (Å²) in [5, 5.41) is 4.65. The van der Waals surface area contributed by atoms with E-state index in [1.807, 2.05) is 13.8 Å². The third-order valence-corrected chi connectivity index (χ3v) is 6.72. The van der Waals surface area contributed by atoms with Gasteiger partial charge in [0.05, 0.1) is 22.8 Å². The number of halogens is 1. The number of nitrogens with one attached hydrogen (secondary N) is 1. The molecular weight excluding hydrogens is 434 g/mol. The van der Waals surface area contributed by atoms with Crippen LogP contribution in [-0.2, 0) is 16.1 Å². The number of hydrogen-bond acceptors (Lipinski definition) is 5. The molecule has 0 aliphatic heterocycles. The van der Waals surface area contributed by atoms with Gasteiger partial charge in [0, 0.05) is 24.7 Å². The van der Waals surface area contributed by atoms with E-state index in [1.54, 1.807) is 22.8 Å². The first kappa shape index (κ1) is 24.1. The van der Waals surface area contributed by atoms with Gasteiger partial charge >= 0.3 is 0 Å². The quantitative estimate of drug-likeness (QED) is 0.314. The van der Waals surface area contributed by atoms with Gasteiger partial charge in [-0.15, -0.1) is 0 Å². The molecule has 1 aliphatic carbocycles. The number of hydrogen-bond donors (Lipinski definition) is 1. The van der Waals surface area contributed by atoms with Gasteiger partial charge in [0.1, 0.15) is 0 Å². The molecule has 0 atom stereocenters. The van der Waals surface area contributed by atoms with E-state index < -0.39 is 0 Å². The van der Waals surface area contributed by atoms with Crippen molar-refractivity contribution in [1.82, 2.24) is 14.9 Å². The maximum Gasteiger partial charge on any atom is 0.262 e. The van der Waals surface area contributed by atoms with Crippen molar-refractivity contribution in [1.29, 1.82) is 0 Å². The summed E-state index contributed by atoms with van der Waals surface area (Å²) in [5.41, 5.74) is 0.439. The second-order valence-electron chi connectivity index (χ2n) is 8.38. The Bertz CT molecular complexity index is 942. The van der Waals surface area contributed by atoms with Gasteiger partial charge in [-0.2, -0.15) is 0 Å². The van der Waals surface area contributed by atoms with Gasteiger partial charge in [0.15, 0.2) is 5.16 Å². The summed E-state index contributed by atoms with van der Waals surface area (Å²) in [4.78, 5) is 30.2. The highest BCUT2D eigenvalue weighted by molar-refractivity contribution is 7.99. The topological polar surface area (TPSA) is 73.2 Å². The maximum absolute atomic E-state index is 13.1. The second kappa shape index (κ2) is 11.9. The Kier molecular flexibility index (Phi) is 9.23. The Hall–Kier alpha value is -1.57. The predicted molar refractivity (Wildman–Crippen MR) is 127 cm³/mol. The molecule has 170 valence electrons. The van der Waals surface area contributed by atoms with E-state index in [0.717, 1.165) is 6.54 Å². The zero-order chi connectivity index (χ0) is 22.2. The number of rotatable bonds is 10. The lowest BCUT2D eigenvalue weighted by Crippen LogP contribution is -2.32. The fourth-order valence-corrected chi connectivity index (χ4v) is 4.87. The minimum absolute atomic E-state index is 0.0225. The van der Waals surface area contributed by atoms with E-state index >= 15 is 0 Å². The molecule has 1 aromatic heterocycles. The number of amides is 1. The highest BCUT2D eigenvalue weighted by Gasteiger charge is 2.16. The van der Waals surface area contributed by atoms with Crippen molar-refractivity contribution in [2.75, 3.05) is 18.9 Å². The van der Waals surface area contributed by atoms with Crippen molar-refractivity contribution in [3.8, 4) is 0 Å². The molecule has 0 unspecified atom stereocenters. The summed E-state index contributed by atoms with van der Waals surface area (Å²) >= 11 is 7.40. The molecule has 1 aromatic carbocycles. The minimum atomic E-state index is -0.115. The highest BCUT2D eigenvalue weighted by atomic mass is 35.5. The van der Waals surface area contributed by atoms with E-state index in [4.69, 9.17) is 16.3 Å². The molecule has 0 radical (unpaired) electrons. The maximum atomic E-state index is 13.1. The summed E-state index contributed by atoms with van der Waals surface area (Å²) in [6.45, 7) is 5.76. The molecule has 1 saturated carbocycles. The number of nitrogens with zero attached hydrogens (tertiary/aromatic N) is 2. The van der Waals surface area contributed by atoms with Gasteiger partial charge in [0.2, 0.25) is 5.91 Å². The average molecular weight is 466 g/mol. The standard InChI is InChI=1S/C23H32ClN3O3S/c1-16(2)30-12-6-11-27-22(29)19-10-9-18(24)13-20(19)26-23(27)31-15-21(28)25-14-17-7-4-3-5-8-17/h9-10,13,16-17H,3-8,11-12,14-15H2,1-2H3,(H,25,28). The summed E-state index contributed by atoms with van der Waals surface area (Å²) in [7, 11) is 0. The van der Waals surface area contributed by atoms with Crippen molar-refractivity contribution in [3.63, 3.8) is 0 Å². The first-order valence-corrected chi connectivity index (χ1v) is 12.5. The second-order valence-corrected chi connectivity index (χ2v) is 9.76. The van der Waals surface area contributed by atoms with Crippen LogP contribution in [0.2, 0.25) is 5.02 Å². The Morgan fingerprint density at radius 3 is 2.84 bits per heavy atom. The van der Waals surface area contributed by atoms with Crippen LogP contribution in [0.25, 0.3) is 10.9 Å². The van der Waals surface area contributed by atoms with Gasteiger partial charge in [0.25, 0.3) is 5.56 Å². The van der Waals surface area contributed by atoms with Crippen LogP contribution in [0, 0.1) is 5.92 Å². The molecule has 1 fully saturated rings. The van der Waals surface area contributed by atoms with E-state index in [2.05, 4.69) is 10.3 Å². The van der Waals surface area contributed by atoms with Crippen LogP contribution >= 0.6 is 23.4 Å². The van der Waals surface area contributed by atoms with Crippen molar-refractivity contribution < 1.29 is 9.53 Å². The number of ether oxygens (including phenoxy) is 1. The summed E-state index contributed by atoms with van der Waals surface area (Å²) in [5.74, 6) is 0.793. The molecule has 2 aromatic rings. The van der Waals surface area contributed by atoms with Gasteiger partial charge in [-0.25, -0.2) is 4.98 Å². The minimum Gasteiger partial charge on any atom is -0.379 e. The number of thioether (sulfide) groups is 1. The number of carbonyl (C=O) groups excluding carboxylic acids is 1. The number of benzene rings is 1. The van der Waals surface area contributed by atoms with Crippen molar-refractivity contribution >= 4 is 40.2 Å². The van der Waals surface area contributed by atoms with Gasteiger partial charge in [-0.3, -0.25) is 14.2 Å².